The normalized spacial score (nSPS) is 15.4. The minimum Gasteiger partial charge on any atom is -0.396 e. The molecule has 0 radical (unpaired) electrons. The topological polar surface area (TPSA) is 78.2 Å². The number of amides is 1. The number of carbonyl (C=O) groups is 1. The average Bonchev–Trinajstić information content (AvgIpc) is 2.94. The highest BCUT2D eigenvalue weighted by molar-refractivity contribution is 5.97. The van der Waals surface area contributed by atoms with Gasteiger partial charge in [-0.2, -0.15) is 5.10 Å². The predicted octanol–water partition coefficient (Wildman–Crippen LogP) is 0.954. The van der Waals surface area contributed by atoms with E-state index in [1.807, 2.05) is 23.1 Å². The fourth-order valence-electron chi connectivity index (χ4n) is 2.43. The minimum absolute atomic E-state index is 0.0762. The third kappa shape index (κ3) is 2.32. The van der Waals surface area contributed by atoms with Crippen molar-refractivity contribution < 1.29 is 4.79 Å². The molecule has 104 valence electrons. The summed E-state index contributed by atoms with van der Waals surface area (Å²) in [5.74, 6) is -0.0762. The van der Waals surface area contributed by atoms with Crippen LogP contribution in [0.5, 0.6) is 0 Å². The molecular formula is C14H17N5O. The lowest BCUT2D eigenvalue weighted by molar-refractivity contribution is 0.0742. The van der Waals surface area contributed by atoms with Crippen molar-refractivity contribution in [1.82, 2.24) is 15.1 Å². The van der Waals surface area contributed by atoms with Crippen molar-refractivity contribution in [3.63, 3.8) is 0 Å². The van der Waals surface area contributed by atoms with E-state index in [1.54, 1.807) is 0 Å². The Labute approximate surface area is 117 Å². The number of para-hydroxylation sites is 1. The summed E-state index contributed by atoms with van der Waals surface area (Å²) >= 11 is 0. The minimum atomic E-state index is -0.0762. The summed E-state index contributed by atoms with van der Waals surface area (Å²) in [4.78, 5) is 16.4. The van der Waals surface area contributed by atoms with Crippen LogP contribution in [0.25, 0.3) is 0 Å². The Morgan fingerprint density at radius 1 is 1.15 bits per heavy atom. The molecule has 1 fully saturated rings. The van der Waals surface area contributed by atoms with Crippen LogP contribution in [0.15, 0.2) is 36.5 Å². The maximum Gasteiger partial charge on any atom is 0.274 e. The summed E-state index contributed by atoms with van der Waals surface area (Å²) in [5, 5.41) is 6.46. The van der Waals surface area contributed by atoms with E-state index in [4.69, 9.17) is 5.73 Å². The van der Waals surface area contributed by atoms with E-state index in [0.717, 1.165) is 13.1 Å². The van der Waals surface area contributed by atoms with Gasteiger partial charge in [0, 0.05) is 31.9 Å². The van der Waals surface area contributed by atoms with Crippen LogP contribution in [0.4, 0.5) is 11.4 Å². The van der Waals surface area contributed by atoms with Crippen LogP contribution in [0.3, 0.4) is 0 Å². The molecule has 2 aromatic rings. The van der Waals surface area contributed by atoms with Crippen LogP contribution in [-0.4, -0.2) is 47.2 Å². The maximum absolute atomic E-state index is 12.3. The molecule has 1 aliphatic heterocycles. The van der Waals surface area contributed by atoms with Crippen molar-refractivity contribution in [2.24, 2.45) is 0 Å². The number of benzene rings is 1. The van der Waals surface area contributed by atoms with E-state index in [-0.39, 0.29) is 5.91 Å². The summed E-state index contributed by atoms with van der Waals surface area (Å²) in [6, 6.07) is 10.2. The first kappa shape index (κ1) is 12.5. The molecule has 0 bridgehead atoms. The van der Waals surface area contributed by atoms with Crippen molar-refractivity contribution in [3.05, 3.63) is 42.2 Å². The maximum atomic E-state index is 12.3. The molecule has 0 unspecified atom stereocenters. The smallest absolute Gasteiger partial charge is 0.274 e. The van der Waals surface area contributed by atoms with Gasteiger partial charge in [-0.05, 0) is 12.1 Å². The van der Waals surface area contributed by atoms with Gasteiger partial charge in [-0.3, -0.25) is 9.89 Å². The van der Waals surface area contributed by atoms with Crippen LogP contribution >= 0.6 is 0 Å². The third-order valence-corrected chi connectivity index (χ3v) is 3.57. The van der Waals surface area contributed by atoms with Gasteiger partial charge < -0.3 is 15.5 Å². The summed E-state index contributed by atoms with van der Waals surface area (Å²) in [6.07, 6.45) is 1.47. The Bertz CT molecular complexity index is 587. The number of nitrogens with two attached hydrogens (primary N) is 1. The number of aromatic amines is 1. The highest BCUT2D eigenvalue weighted by Gasteiger charge is 2.24. The number of carbonyl (C=O) groups excluding carboxylic acids is 1. The molecule has 0 spiro atoms. The molecule has 1 aromatic heterocycles. The first-order valence-corrected chi connectivity index (χ1v) is 6.64. The van der Waals surface area contributed by atoms with E-state index in [1.165, 1.54) is 11.9 Å². The number of nitrogens with one attached hydrogen (secondary N) is 1. The number of rotatable bonds is 2. The number of anilines is 2. The van der Waals surface area contributed by atoms with Gasteiger partial charge in [0.15, 0.2) is 0 Å². The zero-order valence-electron chi connectivity index (χ0n) is 11.1. The van der Waals surface area contributed by atoms with Gasteiger partial charge in [0.1, 0.15) is 5.69 Å². The zero-order valence-corrected chi connectivity index (χ0v) is 11.1. The highest BCUT2D eigenvalue weighted by atomic mass is 16.2. The second-order valence-corrected chi connectivity index (χ2v) is 4.82. The highest BCUT2D eigenvalue weighted by Crippen LogP contribution is 2.17. The van der Waals surface area contributed by atoms with Gasteiger partial charge in [-0.25, -0.2) is 0 Å². The first-order valence-electron chi connectivity index (χ1n) is 6.64. The molecule has 3 N–H and O–H groups in total. The molecule has 0 saturated carbocycles. The van der Waals surface area contributed by atoms with E-state index >= 15 is 0 Å². The first-order chi connectivity index (χ1) is 9.75. The monoisotopic (exact) mass is 271 g/mol. The molecule has 1 saturated heterocycles. The SMILES string of the molecule is Nc1cn[nH]c1C(=O)N1CCN(c2ccccc2)CC1. The van der Waals surface area contributed by atoms with Crippen LogP contribution < -0.4 is 10.6 Å². The van der Waals surface area contributed by atoms with Crippen LogP contribution in [0.2, 0.25) is 0 Å². The third-order valence-electron chi connectivity index (χ3n) is 3.57. The fraction of sp³-hybridized carbons (Fsp3) is 0.286. The van der Waals surface area contributed by atoms with Gasteiger partial charge in [0.05, 0.1) is 11.9 Å². The number of piperazine rings is 1. The number of hydrogen-bond donors (Lipinski definition) is 2. The van der Waals surface area contributed by atoms with Crippen LogP contribution in [-0.2, 0) is 0 Å². The molecule has 6 heteroatoms. The number of hydrogen-bond acceptors (Lipinski definition) is 4. The lowest BCUT2D eigenvalue weighted by atomic mass is 10.2. The van der Waals surface area contributed by atoms with E-state index in [9.17, 15) is 4.79 Å². The van der Waals surface area contributed by atoms with Crippen molar-refractivity contribution in [2.45, 2.75) is 0 Å². The molecule has 3 rings (SSSR count). The largest absolute Gasteiger partial charge is 0.396 e. The lowest BCUT2D eigenvalue weighted by Gasteiger charge is -2.35. The van der Waals surface area contributed by atoms with Crippen LogP contribution in [0, 0.1) is 0 Å². The van der Waals surface area contributed by atoms with Crippen molar-refractivity contribution in [2.75, 3.05) is 36.8 Å². The second kappa shape index (κ2) is 5.24. The molecule has 1 amide bonds. The van der Waals surface area contributed by atoms with E-state index in [0.29, 0.717) is 24.5 Å². The zero-order chi connectivity index (χ0) is 13.9. The molecule has 0 atom stereocenters. The molecule has 20 heavy (non-hydrogen) atoms. The quantitative estimate of drug-likeness (QED) is 0.852. The van der Waals surface area contributed by atoms with Gasteiger partial charge in [-0.15, -0.1) is 0 Å². The van der Waals surface area contributed by atoms with Crippen molar-refractivity contribution in [3.8, 4) is 0 Å². The molecular weight excluding hydrogens is 254 g/mol. The fourth-order valence-corrected chi connectivity index (χ4v) is 2.43. The summed E-state index contributed by atoms with van der Waals surface area (Å²) in [7, 11) is 0. The standard InChI is InChI=1S/C14H17N5O/c15-12-10-16-17-13(12)14(20)19-8-6-18(7-9-19)11-4-2-1-3-5-11/h1-5,10H,6-9,15H2,(H,16,17). The summed E-state index contributed by atoms with van der Waals surface area (Å²) in [6.45, 7) is 3.02. The Balaban J connectivity index is 1.64. The Morgan fingerprint density at radius 2 is 1.85 bits per heavy atom. The Kier molecular flexibility index (Phi) is 3.28. The molecule has 0 aliphatic carbocycles. The molecule has 2 heterocycles. The molecule has 1 aliphatic rings. The van der Waals surface area contributed by atoms with Gasteiger partial charge in [0.2, 0.25) is 0 Å². The molecule has 1 aromatic carbocycles. The van der Waals surface area contributed by atoms with Gasteiger partial charge in [-0.1, -0.05) is 18.2 Å². The summed E-state index contributed by atoms with van der Waals surface area (Å²) in [5.41, 5.74) is 7.70. The van der Waals surface area contributed by atoms with Gasteiger partial charge in [0.25, 0.3) is 5.91 Å². The van der Waals surface area contributed by atoms with Gasteiger partial charge >= 0.3 is 0 Å². The van der Waals surface area contributed by atoms with E-state index < -0.39 is 0 Å². The predicted molar refractivity (Wildman–Crippen MR) is 77.6 cm³/mol. The lowest BCUT2D eigenvalue weighted by Crippen LogP contribution is -2.49. The number of aromatic nitrogens is 2. The van der Waals surface area contributed by atoms with Crippen LogP contribution in [0.1, 0.15) is 10.5 Å². The number of nitrogens with zero attached hydrogens (tertiary/aromatic N) is 3. The van der Waals surface area contributed by atoms with Crippen molar-refractivity contribution in [1.29, 1.82) is 0 Å². The second-order valence-electron chi connectivity index (χ2n) is 4.82. The molecule has 6 nitrogen and oxygen atoms in total. The number of H-pyrrole nitrogens is 1. The average molecular weight is 271 g/mol. The van der Waals surface area contributed by atoms with Crippen molar-refractivity contribution >= 4 is 17.3 Å². The Hall–Kier alpha value is -2.50. The Morgan fingerprint density at radius 3 is 2.45 bits per heavy atom. The van der Waals surface area contributed by atoms with E-state index in [2.05, 4.69) is 27.2 Å². The summed E-state index contributed by atoms with van der Waals surface area (Å²) < 4.78 is 0. The number of nitrogen functional groups attached to an aromatic ring is 1.